The van der Waals surface area contributed by atoms with Crippen LogP contribution in [-0.4, -0.2) is 22.1 Å². The number of benzene rings is 4. The molecule has 0 spiro atoms. The summed E-state index contributed by atoms with van der Waals surface area (Å²) < 4.78 is 14.2. The molecule has 0 radical (unpaired) electrons. The van der Waals surface area contributed by atoms with E-state index >= 15 is 0 Å². The van der Waals surface area contributed by atoms with Crippen LogP contribution in [0.4, 0.5) is 10.1 Å². The van der Waals surface area contributed by atoms with Gasteiger partial charge in [-0.25, -0.2) is 4.39 Å². The molecule has 0 aliphatic heterocycles. The number of aliphatic carboxylic acids is 1. The number of fused-ring (bicyclic) bond motifs is 1. The molecular formula is C30H28FNO4. The topological polar surface area (TPSA) is 86.6 Å². The van der Waals surface area contributed by atoms with Crippen LogP contribution < -0.4 is 5.32 Å². The van der Waals surface area contributed by atoms with Gasteiger partial charge in [0.05, 0.1) is 11.6 Å². The van der Waals surface area contributed by atoms with E-state index in [1.54, 1.807) is 43.3 Å². The number of phenolic OH excluding ortho intramolecular Hbond substituents is 1. The minimum atomic E-state index is -0.790. The third-order valence-corrected chi connectivity index (χ3v) is 6.37. The highest BCUT2D eigenvalue weighted by Crippen LogP contribution is 2.31. The lowest BCUT2D eigenvalue weighted by Crippen LogP contribution is -2.19. The van der Waals surface area contributed by atoms with Crippen molar-refractivity contribution in [2.75, 3.05) is 5.32 Å². The molecule has 1 atom stereocenters. The fourth-order valence-corrected chi connectivity index (χ4v) is 4.34. The SMILES string of the molecule is CC(C(=O)Nc1cc(Cc2ccc(CCCC(=O)O)cc2)ccc1O)c1ccc(F)c2ccccc12. The van der Waals surface area contributed by atoms with Crippen molar-refractivity contribution in [1.82, 2.24) is 0 Å². The summed E-state index contributed by atoms with van der Waals surface area (Å²) in [6.07, 6.45) is 2.07. The predicted octanol–water partition coefficient (Wildman–Crippen LogP) is 6.42. The van der Waals surface area contributed by atoms with Gasteiger partial charge in [-0.1, -0.05) is 60.7 Å². The maximum atomic E-state index is 14.2. The van der Waals surface area contributed by atoms with Gasteiger partial charge < -0.3 is 15.5 Å². The summed E-state index contributed by atoms with van der Waals surface area (Å²) in [7, 11) is 0. The molecule has 0 saturated heterocycles. The number of anilines is 1. The van der Waals surface area contributed by atoms with Gasteiger partial charge in [-0.15, -0.1) is 0 Å². The summed E-state index contributed by atoms with van der Waals surface area (Å²) >= 11 is 0. The number of halogens is 1. The van der Waals surface area contributed by atoms with Crippen molar-refractivity contribution in [3.63, 3.8) is 0 Å². The van der Waals surface area contributed by atoms with Gasteiger partial charge in [0.15, 0.2) is 0 Å². The van der Waals surface area contributed by atoms with Crippen molar-refractivity contribution in [3.8, 4) is 5.75 Å². The predicted molar refractivity (Wildman–Crippen MR) is 139 cm³/mol. The van der Waals surface area contributed by atoms with Crippen molar-refractivity contribution in [2.45, 2.75) is 38.5 Å². The average molecular weight is 486 g/mol. The van der Waals surface area contributed by atoms with E-state index in [2.05, 4.69) is 5.32 Å². The van der Waals surface area contributed by atoms with Gasteiger partial charge in [0, 0.05) is 11.8 Å². The van der Waals surface area contributed by atoms with Gasteiger partial charge >= 0.3 is 5.97 Å². The lowest BCUT2D eigenvalue weighted by molar-refractivity contribution is -0.137. The lowest BCUT2D eigenvalue weighted by Gasteiger charge is -2.16. The van der Waals surface area contributed by atoms with Crippen LogP contribution in [0.3, 0.4) is 0 Å². The van der Waals surface area contributed by atoms with E-state index in [4.69, 9.17) is 5.11 Å². The van der Waals surface area contributed by atoms with Crippen molar-refractivity contribution in [3.05, 3.63) is 107 Å². The van der Waals surface area contributed by atoms with Gasteiger partial charge in [0.1, 0.15) is 11.6 Å². The number of hydrogen-bond donors (Lipinski definition) is 3. The van der Waals surface area contributed by atoms with Gasteiger partial charge in [-0.2, -0.15) is 0 Å². The highest BCUT2D eigenvalue weighted by molar-refractivity contribution is 6.00. The number of carbonyl (C=O) groups is 2. The molecule has 5 nitrogen and oxygen atoms in total. The zero-order valence-corrected chi connectivity index (χ0v) is 20.0. The summed E-state index contributed by atoms with van der Waals surface area (Å²) in [5, 5.41) is 23.1. The van der Waals surface area contributed by atoms with Crippen LogP contribution in [0.2, 0.25) is 0 Å². The molecule has 4 aromatic rings. The Balaban J connectivity index is 1.46. The Hall–Kier alpha value is -4.19. The summed E-state index contributed by atoms with van der Waals surface area (Å²) in [4.78, 5) is 23.8. The highest BCUT2D eigenvalue weighted by Gasteiger charge is 2.20. The number of carboxylic acid groups (broad SMARTS) is 1. The number of phenols is 1. The van der Waals surface area contributed by atoms with E-state index in [0.717, 1.165) is 16.7 Å². The number of aromatic hydroxyl groups is 1. The third kappa shape index (κ3) is 5.89. The molecule has 3 N–H and O–H groups in total. The molecule has 36 heavy (non-hydrogen) atoms. The normalized spacial score (nSPS) is 11.8. The zero-order chi connectivity index (χ0) is 25.7. The molecule has 1 amide bonds. The molecule has 0 fully saturated rings. The van der Waals surface area contributed by atoms with E-state index in [-0.39, 0.29) is 23.9 Å². The Bertz CT molecular complexity index is 1400. The van der Waals surface area contributed by atoms with Crippen molar-refractivity contribution in [2.24, 2.45) is 0 Å². The molecule has 0 aliphatic rings. The maximum Gasteiger partial charge on any atom is 0.303 e. The van der Waals surface area contributed by atoms with Crippen molar-refractivity contribution >= 4 is 28.3 Å². The first kappa shape index (κ1) is 24.9. The lowest BCUT2D eigenvalue weighted by atomic mass is 9.93. The monoisotopic (exact) mass is 485 g/mol. The van der Waals surface area contributed by atoms with Crippen LogP contribution in [0.15, 0.2) is 78.9 Å². The molecule has 0 heterocycles. The second-order valence-electron chi connectivity index (χ2n) is 8.99. The number of aryl methyl sites for hydroxylation is 1. The molecule has 4 aromatic carbocycles. The number of nitrogens with one attached hydrogen (secondary N) is 1. The molecule has 6 heteroatoms. The molecule has 0 bridgehead atoms. The number of carbonyl (C=O) groups excluding carboxylic acids is 1. The molecule has 1 unspecified atom stereocenters. The van der Waals surface area contributed by atoms with E-state index in [1.807, 2.05) is 36.4 Å². The fraction of sp³-hybridized carbons (Fsp3) is 0.200. The number of hydrogen-bond acceptors (Lipinski definition) is 3. The largest absolute Gasteiger partial charge is 0.506 e. The summed E-state index contributed by atoms with van der Waals surface area (Å²) in [6.45, 7) is 1.76. The summed E-state index contributed by atoms with van der Waals surface area (Å²) in [5.74, 6) is -2.02. The second-order valence-corrected chi connectivity index (χ2v) is 8.99. The standard InChI is InChI=1S/C30H28FNO4/c1-19(23-14-15-26(31)25-7-3-2-6-24(23)25)30(36)32-27-18-22(13-16-28(27)33)17-21-11-9-20(10-12-21)5-4-8-29(34)35/h2-3,6-7,9-16,18-19,33H,4-5,8,17H2,1H3,(H,32,36)(H,34,35). The first-order valence-corrected chi connectivity index (χ1v) is 11.9. The first-order valence-electron chi connectivity index (χ1n) is 11.9. The third-order valence-electron chi connectivity index (χ3n) is 6.37. The quantitative estimate of drug-likeness (QED) is 0.239. The van der Waals surface area contributed by atoms with Crippen LogP contribution in [0.1, 0.15) is 47.9 Å². The smallest absolute Gasteiger partial charge is 0.303 e. The highest BCUT2D eigenvalue weighted by atomic mass is 19.1. The van der Waals surface area contributed by atoms with Crippen molar-refractivity contribution in [1.29, 1.82) is 0 Å². The first-order chi connectivity index (χ1) is 17.3. The Morgan fingerprint density at radius 1 is 0.889 bits per heavy atom. The summed E-state index contributed by atoms with van der Waals surface area (Å²) in [6, 6.07) is 23.2. The van der Waals surface area contributed by atoms with Gasteiger partial charge in [0.25, 0.3) is 0 Å². The Morgan fingerprint density at radius 2 is 1.56 bits per heavy atom. The molecule has 4 rings (SSSR count). The van der Waals surface area contributed by atoms with Crippen LogP contribution in [-0.2, 0) is 22.4 Å². The van der Waals surface area contributed by atoms with E-state index in [9.17, 15) is 19.1 Å². The fourth-order valence-electron chi connectivity index (χ4n) is 4.34. The van der Waals surface area contributed by atoms with E-state index in [1.165, 1.54) is 6.07 Å². The Morgan fingerprint density at radius 3 is 2.28 bits per heavy atom. The van der Waals surface area contributed by atoms with Crippen LogP contribution in [0.5, 0.6) is 5.75 Å². The van der Waals surface area contributed by atoms with Gasteiger partial charge in [0.2, 0.25) is 5.91 Å². The average Bonchev–Trinajstić information content (AvgIpc) is 2.87. The molecule has 184 valence electrons. The minimum Gasteiger partial charge on any atom is -0.506 e. The van der Waals surface area contributed by atoms with Crippen LogP contribution >= 0.6 is 0 Å². The number of carboxylic acids is 1. The molecular weight excluding hydrogens is 457 g/mol. The summed E-state index contributed by atoms with van der Waals surface area (Å²) in [5.41, 5.74) is 4.10. The van der Waals surface area contributed by atoms with Gasteiger partial charge in [-0.05, 0) is 72.0 Å². The molecule has 0 aromatic heterocycles. The van der Waals surface area contributed by atoms with E-state index in [0.29, 0.717) is 41.3 Å². The number of amides is 1. The molecule has 0 saturated carbocycles. The number of rotatable bonds is 9. The van der Waals surface area contributed by atoms with Crippen LogP contribution in [0.25, 0.3) is 10.8 Å². The van der Waals surface area contributed by atoms with E-state index < -0.39 is 11.9 Å². The van der Waals surface area contributed by atoms with Crippen molar-refractivity contribution < 1.29 is 24.2 Å². The maximum absolute atomic E-state index is 14.2. The minimum absolute atomic E-state index is 0.0305. The Labute approximate surface area is 209 Å². The second kappa shape index (κ2) is 11.0. The molecule has 0 aliphatic carbocycles. The Kier molecular flexibility index (Phi) is 7.64. The van der Waals surface area contributed by atoms with Gasteiger partial charge in [-0.3, -0.25) is 9.59 Å². The van der Waals surface area contributed by atoms with Crippen LogP contribution in [0, 0.1) is 5.82 Å². The zero-order valence-electron chi connectivity index (χ0n) is 20.0.